The number of sulfonamides is 1. The van der Waals surface area contributed by atoms with Crippen LogP contribution < -0.4 is 10.1 Å². The second-order valence-corrected chi connectivity index (χ2v) is 10.0. The highest BCUT2D eigenvalue weighted by atomic mass is 32.2. The maximum Gasteiger partial charge on any atom is 0.242 e. The van der Waals surface area contributed by atoms with E-state index in [2.05, 4.69) is 10.3 Å². The lowest BCUT2D eigenvalue weighted by atomic mass is 10.2. The van der Waals surface area contributed by atoms with Gasteiger partial charge in [-0.1, -0.05) is 0 Å². The fourth-order valence-corrected chi connectivity index (χ4v) is 4.24. The number of hydrogen-bond donors (Lipinski definition) is 1. The summed E-state index contributed by atoms with van der Waals surface area (Å²) in [4.78, 5) is 20.0. The average molecular weight is 427 g/mol. The largest absolute Gasteiger partial charge is 0.495 e. The number of hydrogen-bond acceptors (Lipinski definition) is 7. The Kier molecular flexibility index (Phi) is 7.16. The van der Waals surface area contributed by atoms with E-state index >= 15 is 0 Å². The highest BCUT2D eigenvalue weighted by molar-refractivity contribution is 7.89. The zero-order chi connectivity index (χ0) is 21.1. The standard InChI is InChI=1S/C18H26N4O4S2/c1-12(22(5)11-14-10-19-13(2)27-14)18(23)20-16-9-15(7-8-17(16)26-6)28(24,25)21(3)4/h7-10,12H,11H2,1-6H3,(H,20,23)/t12-/m1/s1. The Balaban J connectivity index is 2.19. The monoisotopic (exact) mass is 426 g/mol. The molecule has 0 saturated heterocycles. The highest BCUT2D eigenvalue weighted by Gasteiger charge is 2.23. The van der Waals surface area contributed by atoms with Crippen LogP contribution in [0.4, 0.5) is 5.69 Å². The van der Waals surface area contributed by atoms with Crippen LogP contribution in [0.5, 0.6) is 5.75 Å². The number of aromatic nitrogens is 1. The quantitative estimate of drug-likeness (QED) is 0.696. The van der Waals surface area contributed by atoms with Gasteiger partial charge in [0.1, 0.15) is 5.75 Å². The van der Waals surface area contributed by atoms with E-state index in [9.17, 15) is 13.2 Å². The summed E-state index contributed by atoms with van der Waals surface area (Å²) in [5.74, 6) is 0.125. The number of nitrogens with one attached hydrogen (secondary N) is 1. The normalized spacial score (nSPS) is 13.0. The molecule has 0 aliphatic heterocycles. The maximum absolute atomic E-state index is 12.7. The number of aryl methyl sites for hydroxylation is 1. The van der Waals surface area contributed by atoms with Gasteiger partial charge in [0.2, 0.25) is 15.9 Å². The smallest absolute Gasteiger partial charge is 0.242 e. The van der Waals surface area contributed by atoms with Gasteiger partial charge >= 0.3 is 0 Å². The number of benzene rings is 1. The molecule has 0 spiro atoms. The third kappa shape index (κ3) is 5.07. The van der Waals surface area contributed by atoms with E-state index in [0.29, 0.717) is 18.0 Å². The van der Waals surface area contributed by atoms with Gasteiger partial charge in [-0.3, -0.25) is 9.69 Å². The van der Waals surface area contributed by atoms with Crippen molar-refractivity contribution in [1.29, 1.82) is 0 Å². The number of thiazole rings is 1. The number of likely N-dealkylation sites (N-methyl/N-ethyl adjacent to an activating group) is 1. The molecular formula is C18H26N4O4S2. The van der Waals surface area contributed by atoms with Gasteiger partial charge in [0.05, 0.1) is 28.7 Å². The van der Waals surface area contributed by atoms with Crippen molar-refractivity contribution in [3.05, 3.63) is 34.3 Å². The van der Waals surface area contributed by atoms with Gasteiger partial charge < -0.3 is 10.1 Å². The van der Waals surface area contributed by atoms with Crippen molar-refractivity contribution < 1.29 is 17.9 Å². The van der Waals surface area contributed by atoms with Gasteiger partial charge in [0.25, 0.3) is 0 Å². The summed E-state index contributed by atoms with van der Waals surface area (Å²) in [5.41, 5.74) is 0.310. The summed E-state index contributed by atoms with van der Waals surface area (Å²) in [6, 6.07) is 3.94. The van der Waals surface area contributed by atoms with Crippen molar-refractivity contribution in [3.8, 4) is 5.75 Å². The average Bonchev–Trinajstić information content (AvgIpc) is 3.05. The fraction of sp³-hybridized carbons (Fsp3) is 0.444. The Morgan fingerprint density at radius 2 is 2.00 bits per heavy atom. The van der Waals surface area contributed by atoms with Crippen LogP contribution in [0, 0.1) is 6.92 Å². The number of amides is 1. The Labute approximate surface area is 170 Å². The first kappa shape index (κ1) is 22.3. The molecule has 1 atom stereocenters. The summed E-state index contributed by atoms with van der Waals surface area (Å²) in [6.07, 6.45) is 1.81. The highest BCUT2D eigenvalue weighted by Crippen LogP contribution is 2.29. The van der Waals surface area contributed by atoms with Gasteiger partial charge in [0, 0.05) is 31.7 Å². The lowest BCUT2D eigenvalue weighted by Gasteiger charge is -2.23. The van der Waals surface area contributed by atoms with E-state index in [-0.39, 0.29) is 10.8 Å². The lowest BCUT2D eigenvalue weighted by molar-refractivity contribution is -0.120. The van der Waals surface area contributed by atoms with Crippen molar-refractivity contribution >= 4 is 33.0 Å². The van der Waals surface area contributed by atoms with Crippen LogP contribution in [0.3, 0.4) is 0 Å². The van der Waals surface area contributed by atoms with Crippen LogP contribution in [-0.4, -0.2) is 62.8 Å². The number of carbonyl (C=O) groups is 1. The minimum atomic E-state index is -3.62. The van der Waals surface area contributed by atoms with Crippen molar-refractivity contribution in [2.75, 3.05) is 33.6 Å². The predicted octanol–water partition coefficient (Wildman–Crippen LogP) is 2.17. The van der Waals surface area contributed by atoms with Gasteiger partial charge in [0.15, 0.2) is 0 Å². The van der Waals surface area contributed by atoms with Gasteiger partial charge in [-0.25, -0.2) is 17.7 Å². The summed E-state index contributed by atoms with van der Waals surface area (Å²) < 4.78 is 31.1. The zero-order valence-electron chi connectivity index (χ0n) is 16.9. The summed E-state index contributed by atoms with van der Waals surface area (Å²) >= 11 is 1.59. The number of methoxy groups -OCH3 is 1. The molecule has 28 heavy (non-hydrogen) atoms. The Hall–Kier alpha value is -2.01. The van der Waals surface area contributed by atoms with Crippen LogP contribution >= 0.6 is 11.3 Å². The molecule has 154 valence electrons. The van der Waals surface area contributed by atoms with Crippen molar-refractivity contribution in [1.82, 2.24) is 14.2 Å². The van der Waals surface area contributed by atoms with Crippen molar-refractivity contribution in [3.63, 3.8) is 0 Å². The van der Waals surface area contributed by atoms with E-state index in [0.717, 1.165) is 14.2 Å². The summed E-state index contributed by atoms with van der Waals surface area (Å²) in [5, 5.41) is 3.76. The molecule has 0 aliphatic rings. The van der Waals surface area contributed by atoms with Gasteiger partial charge in [-0.2, -0.15) is 0 Å². The summed E-state index contributed by atoms with van der Waals surface area (Å²) in [6.45, 7) is 4.31. The molecule has 0 fully saturated rings. The molecule has 1 heterocycles. The first-order chi connectivity index (χ1) is 13.1. The maximum atomic E-state index is 12.7. The van der Waals surface area contributed by atoms with Crippen molar-refractivity contribution in [2.45, 2.75) is 31.3 Å². The lowest BCUT2D eigenvalue weighted by Crippen LogP contribution is -2.39. The number of ether oxygens (including phenoxy) is 1. The number of nitrogens with zero attached hydrogens (tertiary/aromatic N) is 3. The molecular weight excluding hydrogens is 400 g/mol. The molecule has 0 aliphatic carbocycles. The Bertz CT molecular complexity index is 941. The molecule has 0 radical (unpaired) electrons. The van der Waals surface area contributed by atoms with E-state index in [1.165, 1.54) is 39.4 Å². The topological polar surface area (TPSA) is 91.8 Å². The van der Waals surface area contributed by atoms with Crippen LogP contribution in [0.1, 0.15) is 16.8 Å². The minimum absolute atomic E-state index is 0.0785. The second-order valence-electron chi connectivity index (χ2n) is 6.58. The van der Waals surface area contributed by atoms with Crippen LogP contribution in [0.2, 0.25) is 0 Å². The molecule has 1 aromatic heterocycles. The van der Waals surface area contributed by atoms with E-state index in [1.807, 2.05) is 18.9 Å². The Morgan fingerprint density at radius 1 is 1.32 bits per heavy atom. The molecule has 8 nitrogen and oxygen atoms in total. The minimum Gasteiger partial charge on any atom is -0.495 e. The predicted molar refractivity (Wildman–Crippen MR) is 110 cm³/mol. The Morgan fingerprint density at radius 3 is 2.54 bits per heavy atom. The van der Waals surface area contributed by atoms with Crippen molar-refractivity contribution in [2.24, 2.45) is 0 Å². The van der Waals surface area contributed by atoms with Gasteiger partial charge in [-0.15, -0.1) is 11.3 Å². The van der Waals surface area contributed by atoms with E-state index in [1.54, 1.807) is 24.5 Å². The summed E-state index contributed by atoms with van der Waals surface area (Å²) in [7, 11) is 2.60. The van der Waals surface area contributed by atoms with Crippen LogP contribution in [0.25, 0.3) is 0 Å². The van der Waals surface area contributed by atoms with Gasteiger partial charge in [-0.05, 0) is 39.1 Å². The molecule has 2 aromatic rings. The molecule has 0 unspecified atom stereocenters. The second kappa shape index (κ2) is 8.99. The molecule has 10 heteroatoms. The third-order valence-electron chi connectivity index (χ3n) is 4.32. The first-order valence-corrected chi connectivity index (χ1v) is 10.8. The number of rotatable bonds is 8. The first-order valence-electron chi connectivity index (χ1n) is 8.59. The number of carbonyl (C=O) groups excluding carboxylic acids is 1. The zero-order valence-corrected chi connectivity index (χ0v) is 18.5. The van der Waals surface area contributed by atoms with E-state index < -0.39 is 16.1 Å². The molecule has 1 aromatic carbocycles. The SMILES string of the molecule is COc1ccc(S(=O)(=O)N(C)C)cc1NC(=O)[C@@H](C)N(C)Cc1cnc(C)s1. The molecule has 1 amide bonds. The molecule has 0 saturated carbocycles. The molecule has 0 bridgehead atoms. The van der Waals surface area contributed by atoms with Crippen LogP contribution in [-0.2, 0) is 21.4 Å². The van der Waals surface area contributed by atoms with Crippen LogP contribution in [0.15, 0.2) is 29.3 Å². The number of anilines is 1. The fourth-order valence-electron chi connectivity index (χ4n) is 2.45. The van der Waals surface area contributed by atoms with E-state index in [4.69, 9.17) is 4.74 Å². The third-order valence-corrected chi connectivity index (χ3v) is 7.03. The molecule has 1 N–H and O–H groups in total. The molecule has 2 rings (SSSR count).